The Morgan fingerprint density at radius 2 is 1.89 bits per heavy atom. The number of nitro benzene ring substituents is 1. The Morgan fingerprint density at radius 3 is 2.57 bits per heavy atom. The molecule has 0 aromatic heterocycles. The molecule has 3 rings (SSSR count). The molecular formula is C20H23FN4O3. The van der Waals surface area contributed by atoms with Crippen LogP contribution in [0, 0.1) is 22.9 Å². The molecule has 8 heteroatoms. The molecule has 0 aliphatic carbocycles. The first-order chi connectivity index (χ1) is 13.5. The minimum Gasteiger partial charge on any atom is -0.363 e. The molecule has 0 bridgehead atoms. The third-order valence-corrected chi connectivity index (χ3v) is 4.87. The van der Waals surface area contributed by atoms with E-state index < -0.39 is 11.7 Å². The fourth-order valence-electron chi connectivity index (χ4n) is 3.33. The van der Waals surface area contributed by atoms with Crippen molar-refractivity contribution in [2.24, 2.45) is 0 Å². The lowest BCUT2D eigenvalue weighted by atomic mass is 10.1. The second-order valence-electron chi connectivity index (χ2n) is 6.81. The summed E-state index contributed by atoms with van der Waals surface area (Å²) in [4.78, 5) is 27.2. The Kier molecular flexibility index (Phi) is 6.20. The molecule has 28 heavy (non-hydrogen) atoms. The summed E-state index contributed by atoms with van der Waals surface area (Å²) < 4.78 is 13.6. The number of piperazine rings is 1. The number of aryl methyl sites for hydroxylation is 1. The minimum atomic E-state index is -0.534. The van der Waals surface area contributed by atoms with E-state index in [9.17, 15) is 19.3 Å². The van der Waals surface area contributed by atoms with Gasteiger partial charge in [0.1, 0.15) is 11.5 Å². The largest absolute Gasteiger partial charge is 0.363 e. The van der Waals surface area contributed by atoms with Gasteiger partial charge >= 0.3 is 0 Å². The topological polar surface area (TPSA) is 78.7 Å². The molecule has 1 fully saturated rings. The molecule has 0 saturated carbocycles. The summed E-state index contributed by atoms with van der Waals surface area (Å²) in [5.41, 5.74) is 1.67. The SMILES string of the molecule is Cc1ccc(N2CCN(CCNC(=O)c3ccccc3F)CC2)c([N+](=O)[O-])c1. The first-order valence-corrected chi connectivity index (χ1v) is 9.21. The van der Waals surface area contributed by atoms with Crippen molar-refractivity contribution < 1.29 is 14.1 Å². The van der Waals surface area contributed by atoms with Gasteiger partial charge in [-0.1, -0.05) is 18.2 Å². The number of nitrogens with one attached hydrogen (secondary N) is 1. The predicted octanol–water partition coefficient (Wildman–Crippen LogP) is 2.59. The van der Waals surface area contributed by atoms with E-state index in [1.165, 1.54) is 12.1 Å². The fraction of sp³-hybridized carbons (Fsp3) is 0.350. The number of hydrogen-bond donors (Lipinski definition) is 1. The van der Waals surface area contributed by atoms with Gasteiger partial charge in [0.25, 0.3) is 11.6 Å². The summed E-state index contributed by atoms with van der Waals surface area (Å²) in [5.74, 6) is -0.958. The Hall–Kier alpha value is -3.00. The van der Waals surface area contributed by atoms with Gasteiger partial charge in [0.05, 0.1) is 10.5 Å². The molecule has 0 spiro atoms. The van der Waals surface area contributed by atoms with Gasteiger partial charge in [-0.2, -0.15) is 0 Å². The van der Waals surface area contributed by atoms with Crippen LogP contribution >= 0.6 is 0 Å². The van der Waals surface area contributed by atoms with E-state index in [1.54, 1.807) is 24.3 Å². The van der Waals surface area contributed by atoms with Crippen molar-refractivity contribution in [1.29, 1.82) is 0 Å². The monoisotopic (exact) mass is 386 g/mol. The van der Waals surface area contributed by atoms with E-state index >= 15 is 0 Å². The van der Waals surface area contributed by atoms with Crippen LogP contribution in [0.25, 0.3) is 0 Å². The molecule has 2 aromatic rings. The van der Waals surface area contributed by atoms with Crippen molar-refractivity contribution in [3.05, 3.63) is 69.5 Å². The molecule has 2 aromatic carbocycles. The lowest BCUT2D eigenvalue weighted by molar-refractivity contribution is -0.384. The Morgan fingerprint density at radius 1 is 1.18 bits per heavy atom. The summed E-state index contributed by atoms with van der Waals surface area (Å²) in [7, 11) is 0. The number of nitro groups is 1. The van der Waals surface area contributed by atoms with E-state index in [-0.39, 0.29) is 16.2 Å². The van der Waals surface area contributed by atoms with E-state index in [2.05, 4.69) is 10.2 Å². The maximum Gasteiger partial charge on any atom is 0.292 e. The van der Waals surface area contributed by atoms with Crippen LogP contribution in [0.1, 0.15) is 15.9 Å². The molecule has 0 radical (unpaired) electrons. The highest BCUT2D eigenvalue weighted by atomic mass is 19.1. The first-order valence-electron chi connectivity index (χ1n) is 9.21. The van der Waals surface area contributed by atoms with Crippen molar-refractivity contribution in [1.82, 2.24) is 10.2 Å². The van der Waals surface area contributed by atoms with Crippen molar-refractivity contribution in [3.8, 4) is 0 Å². The molecule has 148 valence electrons. The zero-order chi connectivity index (χ0) is 20.1. The van der Waals surface area contributed by atoms with Gasteiger partial charge in [-0.15, -0.1) is 0 Å². The van der Waals surface area contributed by atoms with Gasteiger partial charge in [0.2, 0.25) is 0 Å². The second kappa shape index (κ2) is 8.79. The van der Waals surface area contributed by atoms with Gasteiger partial charge in [0.15, 0.2) is 0 Å². The maximum absolute atomic E-state index is 13.6. The van der Waals surface area contributed by atoms with Crippen molar-refractivity contribution in [2.75, 3.05) is 44.2 Å². The summed E-state index contributed by atoms with van der Waals surface area (Å²) in [6.07, 6.45) is 0. The standard InChI is InChI=1S/C20H23FN4O3/c1-15-6-7-18(19(14-15)25(27)28)24-12-10-23(11-13-24)9-8-22-20(26)16-4-2-3-5-17(16)21/h2-7,14H,8-13H2,1H3,(H,22,26). The Bertz CT molecular complexity index is 866. The van der Waals surface area contributed by atoms with Crippen molar-refractivity contribution in [3.63, 3.8) is 0 Å². The van der Waals surface area contributed by atoms with Crippen LogP contribution in [0.4, 0.5) is 15.8 Å². The third kappa shape index (κ3) is 4.64. The normalized spacial score (nSPS) is 14.7. The van der Waals surface area contributed by atoms with Gasteiger partial charge < -0.3 is 10.2 Å². The van der Waals surface area contributed by atoms with Crippen molar-refractivity contribution >= 4 is 17.3 Å². The Balaban J connectivity index is 1.49. The average molecular weight is 386 g/mol. The molecule has 1 aliphatic rings. The molecule has 1 aliphatic heterocycles. The number of hydrogen-bond acceptors (Lipinski definition) is 5. The minimum absolute atomic E-state index is 0.0407. The van der Waals surface area contributed by atoms with Crippen LogP contribution in [-0.4, -0.2) is 55.0 Å². The molecule has 0 unspecified atom stereocenters. The number of rotatable bonds is 6. The van der Waals surface area contributed by atoms with E-state index in [0.717, 1.165) is 18.7 Å². The smallest absolute Gasteiger partial charge is 0.292 e. The molecule has 0 atom stereocenters. The van der Waals surface area contributed by atoms with Crippen molar-refractivity contribution in [2.45, 2.75) is 6.92 Å². The number of benzene rings is 2. The highest BCUT2D eigenvalue weighted by molar-refractivity contribution is 5.94. The van der Waals surface area contributed by atoms with Crippen LogP contribution in [0.15, 0.2) is 42.5 Å². The highest BCUT2D eigenvalue weighted by Crippen LogP contribution is 2.29. The molecule has 1 saturated heterocycles. The summed E-state index contributed by atoms with van der Waals surface area (Å²) in [5, 5.41) is 14.1. The molecule has 1 amide bonds. The molecule has 1 heterocycles. The maximum atomic E-state index is 13.6. The average Bonchev–Trinajstić information content (AvgIpc) is 2.69. The second-order valence-corrected chi connectivity index (χ2v) is 6.81. The number of carbonyl (C=O) groups is 1. The zero-order valence-electron chi connectivity index (χ0n) is 15.7. The number of anilines is 1. The number of nitrogens with zero attached hydrogens (tertiary/aromatic N) is 3. The quantitative estimate of drug-likeness (QED) is 0.610. The van der Waals surface area contributed by atoms with E-state index in [1.807, 2.05) is 17.9 Å². The summed E-state index contributed by atoms with van der Waals surface area (Å²) in [6.45, 7) is 5.71. The van der Waals surface area contributed by atoms with Gasteiger partial charge in [-0.3, -0.25) is 19.8 Å². The van der Waals surface area contributed by atoms with Crippen LogP contribution in [-0.2, 0) is 0 Å². The molecule has 1 N–H and O–H groups in total. The molecule has 7 nitrogen and oxygen atoms in total. The van der Waals surface area contributed by atoms with Gasteiger partial charge in [-0.25, -0.2) is 4.39 Å². The van der Waals surface area contributed by atoms with Crippen LogP contribution < -0.4 is 10.2 Å². The third-order valence-electron chi connectivity index (χ3n) is 4.87. The highest BCUT2D eigenvalue weighted by Gasteiger charge is 2.23. The van der Waals surface area contributed by atoms with Gasteiger partial charge in [-0.05, 0) is 30.7 Å². The summed E-state index contributed by atoms with van der Waals surface area (Å²) >= 11 is 0. The van der Waals surface area contributed by atoms with Crippen LogP contribution in [0.3, 0.4) is 0 Å². The summed E-state index contributed by atoms with van der Waals surface area (Å²) in [6, 6.07) is 11.2. The lowest BCUT2D eigenvalue weighted by Gasteiger charge is -2.35. The van der Waals surface area contributed by atoms with E-state index in [4.69, 9.17) is 0 Å². The lowest BCUT2D eigenvalue weighted by Crippen LogP contribution is -2.48. The number of amides is 1. The fourth-order valence-corrected chi connectivity index (χ4v) is 3.33. The van der Waals surface area contributed by atoms with E-state index in [0.29, 0.717) is 31.9 Å². The predicted molar refractivity (Wildman–Crippen MR) is 105 cm³/mol. The van der Waals surface area contributed by atoms with Gasteiger partial charge in [0, 0.05) is 45.3 Å². The number of carbonyl (C=O) groups excluding carboxylic acids is 1. The zero-order valence-corrected chi connectivity index (χ0v) is 15.7. The van der Waals surface area contributed by atoms with Crippen LogP contribution in [0.5, 0.6) is 0 Å². The Labute approximate surface area is 162 Å². The first kappa shape index (κ1) is 19.8. The number of halogens is 1. The van der Waals surface area contributed by atoms with Crippen LogP contribution in [0.2, 0.25) is 0 Å². The molecular weight excluding hydrogens is 363 g/mol.